The zero-order valence-corrected chi connectivity index (χ0v) is 16.4. The standard InChI is InChI=1S/C21H15NO7S/c23-21(18-7-14-10-27-17-4-2-1-3-16(17)20(14)30-18)28-9-13-6-15(22(24)25)5-12-8-26-11-29-19(12)13/h1-7H,8-11H2. The van der Waals surface area contributed by atoms with E-state index in [-0.39, 0.29) is 25.7 Å². The summed E-state index contributed by atoms with van der Waals surface area (Å²) in [6.07, 6.45) is 0. The number of nitro groups is 1. The van der Waals surface area contributed by atoms with Crippen LogP contribution in [0.2, 0.25) is 0 Å². The van der Waals surface area contributed by atoms with Crippen molar-refractivity contribution in [1.29, 1.82) is 0 Å². The van der Waals surface area contributed by atoms with Gasteiger partial charge >= 0.3 is 5.97 Å². The quantitative estimate of drug-likeness (QED) is 0.346. The largest absolute Gasteiger partial charge is 0.488 e. The molecule has 0 spiro atoms. The Labute approximate surface area is 174 Å². The van der Waals surface area contributed by atoms with E-state index in [1.54, 1.807) is 6.07 Å². The van der Waals surface area contributed by atoms with Crippen molar-refractivity contribution in [2.24, 2.45) is 0 Å². The van der Waals surface area contributed by atoms with E-state index in [0.29, 0.717) is 28.4 Å². The van der Waals surface area contributed by atoms with Crippen LogP contribution < -0.4 is 9.47 Å². The number of non-ortho nitro benzene ring substituents is 1. The van der Waals surface area contributed by atoms with Crippen LogP contribution >= 0.6 is 11.3 Å². The van der Waals surface area contributed by atoms with Gasteiger partial charge in [0.1, 0.15) is 29.6 Å². The molecule has 0 atom stereocenters. The average Bonchev–Trinajstić information content (AvgIpc) is 3.22. The third-order valence-electron chi connectivity index (χ3n) is 4.87. The Balaban J connectivity index is 1.39. The molecule has 0 bridgehead atoms. The predicted molar refractivity (Wildman–Crippen MR) is 107 cm³/mol. The van der Waals surface area contributed by atoms with Crippen LogP contribution in [-0.2, 0) is 29.3 Å². The highest BCUT2D eigenvalue weighted by molar-refractivity contribution is 7.17. The summed E-state index contributed by atoms with van der Waals surface area (Å²) in [5.41, 5.74) is 2.77. The van der Waals surface area contributed by atoms with Gasteiger partial charge in [0.25, 0.3) is 5.69 Å². The molecule has 3 heterocycles. The predicted octanol–water partition coefficient (Wildman–Crippen LogP) is 4.44. The second kappa shape index (κ2) is 7.43. The number of esters is 1. The Morgan fingerprint density at radius 2 is 2.00 bits per heavy atom. The maximum absolute atomic E-state index is 12.7. The number of hydrogen-bond donors (Lipinski definition) is 0. The molecule has 0 unspecified atom stereocenters. The molecule has 152 valence electrons. The summed E-state index contributed by atoms with van der Waals surface area (Å²) in [7, 11) is 0. The van der Waals surface area contributed by atoms with Crippen LogP contribution in [0, 0.1) is 10.1 Å². The first kappa shape index (κ1) is 18.6. The van der Waals surface area contributed by atoms with Crippen LogP contribution in [0.1, 0.15) is 26.4 Å². The van der Waals surface area contributed by atoms with E-state index >= 15 is 0 Å². The minimum Gasteiger partial charge on any atom is -0.488 e. The minimum absolute atomic E-state index is 0.0445. The molecule has 0 N–H and O–H groups in total. The number of carbonyl (C=O) groups is 1. The first-order chi connectivity index (χ1) is 14.6. The van der Waals surface area contributed by atoms with Crippen molar-refractivity contribution in [3.8, 4) is 21.9 Å². The summed E-state index contributed by atoms with van der Waals surface area (Å²) >= 11 is 1.34. The van der Waals surface area contributed by atoms with Gasteiger partial charge in [0.2, 0.25) is 0 Å². The summed E-state index contributed by atoms with van der Waals surface area (Å²) in [5.74, 6) is 0.751. The number of fused-ring (bicyclic) bond motifs is 4. The Bertz CT molecular complexity index is 1170. The molecule has 2 aliphatic heterocycles. The minimum atomic E-state index is -0.501. The lowest BCUT2D eigenvalue weighted by molar-refractivity contribution is -0.385. The summed E-state index contributed by atoms with van der Waals surface area (Å²) in [6.45, 7) is 0.499. The third-order valence-corrected chi connectivity index (χ3v) is 6.06. The second-order valence-electron chi connectivity index (χ2n) is 6.79. The van der Waals surface area contributed by atoms with E-state index in [0.717, 1.165) is 21.8 Å². The van der Waals surface area contributed by atoms with Crippen molar-refractivity contribution >= 4 is 23.0 Å². The first-order valence-electron chi connectivity index (χ1n) is 9.13. The van der Waals surface area contributed by atoms with E-state index < -0.39 is 10.9 Å². The fourth-order valence-corrected chi connectivity index (χ4v) is 4.60. The van der Waals surface area contributed by atoms with Crippen molar-refractivity contribution < 1.29 is 28.7 Å². The van der Waals surface area contributed by atoms with E-state index in [9.17, 15) is 14.9 Å². The molecule has 8 nitrogen and oxygen atoms in total. The normalized spacial score (nSPS) is 13.9. The summed E-state index contributed by atoms with van der Waals surface area (Å²) in [4.78, 5) is 24.8. The van der Waals surface area contributed by atoms with E-state index in [1.165, 1.54) is 23.5 Å². The summed E-state index contributed by atoms with van der Waals surface area (Å²) < 4.78 is 21.9. The Kier molecular flexibility index (Phi) is 4.61. The van der Waals surface area contributed by atoms with Gasteiger partial charge in [0.15, 0.2) is 6.79 Å². The molecule has 3 aromatic rings. The van der Waals surface area contributed by atoms with Gasteiger partial charge in [-0.15, -0.1) is 11.3 Å². The highest BCUT2D eigenvalue weighted by atomic mass is 32.1. The number of benzene rings is 2. The van der Waals surface area contributed by atoms with Crippen LogP contribution in [0.3, 0.4) is 0 Å². The van der Waals surface area contributed by atoms with Gasteiger partial charge in [-0.3, -0.25) is 10.1 Å². The zero-order chi connectivity index (χ0) is 20.7. The summed E-state index contributed by atoms with van der Waals surface area (Å²) in [5, 5.41) is 11.2. The molecule has 0 aliphatic carbocycles. The molecule has 0 saturated carbocycles. The van der Waals surface area contributed by atoms with Crippen LogP contribution in [0.25, 0.3) is 10.4 Å². The lowest BCUT2D eigenvalue weighted by Gasteiger charge is -2.20. The first-order valence-corrected chi connectivity index (χ1v) is 9.94. The van der Waals surface area contributed by atoms with Crippen LogP contribution in [-0.4, -0.2) is 17.7 Å². The van der Waals surface area contributed by atoms with Crippen LogP contribution in [0.15, 0.2) is 42.5 Å². The van der Waals surface area contributed by atoms with Crippen LogP contribution in [0.5, 0.6) is 11.5 Å². The molecule has 2 aliphatic rings. The molecule has 0 radical (unpaired) electrons. The highest BCUT2D eigenvalue weighted by Crippen LogP contribution is 2.42. The Morgan fingerprint density at radius 1 is 1.13 bits per heavy atom. The maximum atomic E-state index is 12.7. The van der Waals surface area contributed by atoms with Crippen molar-refractivity contribution in [2.75, 3.05) is 6.79 Å². The average molecular weight is 425 g/mol. The number of nitro benzene ring substituents is 1. The number of rotatable bonds is 4. The van der Waals surface area contributed by atoms with Gasteiger partial charge in [-0.1, -0.05) is 12.1 Å². The molecule has 0 saturated heterocycles. The van der Waals surface area contributed by atoms with Gasteiger partial charge in [-0.2, -0.15) is 0 Å². The SMILES string of the molecule is O=C(OCc1cc([N+](=O)[O-])cc2c1OCOC2)c1cc2c(s1)-c1ccccc1OC2. The monoisotopic (exact) mass is 425 g/mol. The molecule has 2 aromatic carbocycles. The van der Waals surface area contributed by atoms with Crippen molar-refractivity contribution in [1.82, 2.24) is 0 Å². The molecule has 1 aromatic heterocycles. The number of carbonyl (C=O) groups excluding carboxylic acids is 1. The summed E-state index contributed by atoms with van der Waals surface area (Å²) in [6, 6.07) is 12.2. The maximum Gasteiger partial charge on any atom is 0.348 e. The lowest BCUT2D eigenvalue weighted by atomic mass is 10.1. The van der Waals surface area contributed by atoms with Gasteiger partial charge in [-0.25, -0.2) is 4.79 Å². The van der Waals surface area contributed by atoms with Crippen molar-refractivity contribution in [3.05, 3.63) is 74.1 Å². The molecule has 30 heavy (non-hydrogen) atoms. The molecule has 0 fully saturated rings. The molecule has 5 rings (SSSR count). The van der Waals surface area contributed by atoms with Gasteiger partial charge < -0.3 is 18.9 Å². The van der Waals surface area contributed by atoms with Crippen molar-refractivity contribution in [2.45, 2.75) is 19.8 Å². The number of nitrogens with zero attached hydrogens (tertiary/aromatic N) is 1. The Hall–Kier alpha value is -3.43. The van der Waals surface area contributed by atoms with E-state index in [2.05, 4.69) is 0 Å². The fourth-order valence-electron chi connectivity index (χ4n) is 3.51. The van der Waals surface area contributed by atoms with Gasteiger partial charge in [-0.05, 0) is 18.2 Å². The molecular weight excluding hydrogens is 410 g/mol. The number of para-hydroxylation sites is 1. The smallest absolute Gasteiger partial charge is 0.348 e. The second-order valence-corrected chi connectivity index (χ2v) is 7.84. The van der Waals surface area contributed by atoms with E-state index in [1.807, 2.05) is 24.3 Å². The molecular formula is C21H15NO7S. The number of thiophene rings is 1. The fraction of sp³-hybridized carbons (Fsp3) is 0.190. The highest BCUT2D eigenvalue weighted by Gasteiger charge is 2.25. The Morgan fingerprint density at radius 3 is 2.87 bits per heavy atom. The zero-order valence-electron chi connectivity index (χ0n) is 15.6. The van der Waals surface area contributed by atoms with Crippen molar-refractivity contribution in [3.63, 3.8) is 0 Å². The number of ether oxygens (including phenoxy) is 4. The van der Waals surface area contributed by atoms with E-state index in [4.69, 9.17) is 18.9 Å². The van der Waals surface area contributed by atoms with Gasteiger partial charge in [0, 0.05) is 39.3 Å². The molecule has 0 amide bonds. The topological polar surface area (TPSA) is 97.1 Å². The number of hydrogen-bond acceptors (Lipinski definition) is 8. The third kappa shape index (κ3) is 3.27. The van der Waals surface area contributed by atoms with Crippen LogP contribution in [0.4, 0.5) is 5.69 Å². The molecule has 9 heteroatoms. The lowest BCUT2D eigenvalue weighted by Crippen LogP contribution is -2.14. The van der Waals surface area contributed by atoms with Gasteiger partial charge in [0.05, 0.1) is 11.5 Å².